The number of benzene rings is 3. The van der Waals surface area contributed by atoms with E-state index >= 15 is 0 Å². The summed E-state index contributed by atoms with van der Waals surface area (Å²) in [6.45, 7) is 11.5. The maximum Gasteiger partial charge on any atom is 0.295 e. The molecule has 46 heavy (non-hydrogen) atoms. The molecule has 0 radical (unpaired) electrons. The van der Waals surface area contributed by atoms with Crippen LogP contribution in [0.15, 0.2) is 68.8 Å². The highest BCUT2D eigenvalue weighted by Crippen LogP contribution is 2.43. The molecule has 15 heteroatoms. The fourth-order valence-electron chi connectivity index (χ4n) is 5.30. The van der Waals surface area contributed by atoms with Gasteiger partial charge in [-0.2, -0.15) is 8.42 Å². The molecule has 0 atom stereocenters. The summed E-state index contributed by atoms with van der Waals surface area (Å²) in [5, 5.41) is 1.51. The molecule has 0 aromatic heterocycles. The highest BCUT2D eigenvalue weighted by molar-refractivity contribution is 7.89. The van der Waals surface area contributed by atoms with Gasteiger partial charge in [-0.05, 0) is 58.0 Å². The largest absolute Gasteiger partial charge is 0.456 e. The topological polar surface area (TPSA) is 174 Å². The summed E-state index contributed by atoms with van der Waals surface area (Å²) in [6.07, 6.45) is 0. The Morgan fingerprint density at radius 3 is 2.22 bits per heavy atom. The van der Waals surface area contributed by atoms with E-state index in [9.17, 15) is 21.4 Å². The van der Waals surface area contributed by atoms with Gasteiger partial charge in [-0.3, -0.25) is 9.39 Å². The maximum absolute atomic E-state index is 13.0. The third-order valence-corrected chi connectivity index (χ3v) is 9.71. The van der Waals surface area contributed by atoms with Crippen molar-refractivity contribution in [1.82, 2.24) is 9.46 Å². The fourth-order valence-corrected chi connectivity index (χ4v) is 6.95. The molecule has 0 saturated heterocycles. The summed E-state index contributed by atoms with van der Waals surface area (Å²) in [5.41, 5.74) is 2.58. The first kappa shape index (κ1) is 35.4. The van der Waals surface area contributed by atoms with Gasteiger partial charge >= 0.3 is 0 Å². The minimum absolute atomic E-state index is 0.0479. The van der Waals surface area contributed by atoms with Crippen LogP contribution >= 0.6 is 0 Å². The molecular weight excluding hydrogens is 636 g/mol. The highest BCUT2D eigenvalue weighted by Gasteiger charge is 2.27. The standard InChI is InChI=1S/C31H40N4O9S2/c1-5-34(6-2)22-9-12-25-28(19-22)44-29-20-23(35(7-3)8-4)10-13-26(29)31(25)27-14-11-24(21-30(27)46(38,39)40)45(36,37)33-43-18-16-41-15-17-42-32/h9-14,19-21,33H,5-8,15-18,32H2,1-4H3/p+1. The Bertz CT molecular complexity index is 1920. The summed E-state index contributed by atoms with van der Waals surface area (Å²) in [5.74, 6) is 5.42. The van der Waals surface area contributed by atoms with E-state index in [4.69, 9.17) is 19.9 Å². The van der Waals surface area contributed by atoms with Crippen molar-refractivity contribution in [3.8, 4) is 22.5 Å². The van der Waals surface area contributed by atoms with Gasteiger partial charge in [-0.15, -0.1) is 0 Å². The molecule has 2 aromatic carbocycles. The number of rotatable bonds is 16. The van der Waals surface area contributed by atoms with Crippen LogP contribution in [0.5, 0.6) is 0 Å². The zero-order valence-corrected chi connectivity index (χ0v) is 28.0. The van der Waals surface area contributed by atoms with Gasteiger partial charge in [0.1, 0.15) is 29.3 Å². The van der Waals surface area contributed by atoms with Crippen LogP contribution in [0.4, 0.5) is 5.69 Å². The lowest BCUT2D eigenvalue weighted by molar-refractivity contribution is 0.00215. The number of nitrogens with zero attached hydrogens (tertiary/aromatic N) is 2. The van der Waals surface area contributed by atoms with E-state index in [-0.39, 0.29) is 32.0 Å². The lowest BCUT2D eigenvalue weighted by Crippen LogP contribution is -2.29. The van der Waals surface area contributed by atoms with E-state index in [1.165, 1.54) is 12.1 Å². The van der Waals surface area contributed by atoms with Gasteiger partial charge in [0.25, 0.3) is 20.1 Å². The molecule has 13 nitrogen and oxygen atoms in total. The van der Waals surface area contributed by atoms with Crippen LogP contribution in [0.25, 0.3) is 33.4 Å². The quantitative estimate of drug-likeness (QED) is 0.0522. The average molecular weight is 678 g/mol. The second-order valence-electron chi connectivity index (χ2n) is 10.2. The lowest BCUT2D eigenvalue weighted by Gasteiger charge is -2.22. The van der Waals surface area contributed by atoms with E-state index in [0.29, 0.717) is 27.9 Å². The third-order valence-electron chi connectivity index (χ3n) is 7.60. The van der Waals surface area contributed by atoms with Crippen LogP contribution in [0, 0.1) is 0 Å². The average Bonchev–Trinajstić information content (AvgIpc) is 3.03. The molecule has 1 aliphatic heterocycles. The van der Waals surface area contributed by atoms with E-state index in [0.717, 1.165) is 43.3 Å². The number of anilines is 1. The van der Waals surface area contributed by atoms with Crippen LogP contribution in [-0.4, -0.2) is 74.0 Å². The third kappa shape index (κ3) is 7.93. The molecule has 1 aliphatic carbocycles. The number of nitrogens with one attached hydrogen (secondary N) is 1. The molecule has 0 bridgehead atoms. The minimum Gasteiger partial charge on any atom is -0.456 e. The van der Waals surface area contributed by atoms with Crippen molar-refractivity contribution in [2.24, 2.45) is 5.90 Å². The highest BCUT2D eigenvalue weighted by atomic mass is 32.2. The Balaban J connectivity index is 1.90. The van der Waals surface area contributed by atoms with Crippen LogP contribution in [-0.2, 0) is 34.6 Å². The summed E-state index contributed by atoms with van der Waals surface area (Å²) >= 11 is 0. The fraction of sp³-hybridized carbons (Fsp3) is 0.387. The van der Waals surface area contributed by atoms with Crippen LogP contribution in [0.1, 0.15) is 27.7 Å². The van der Waals surface area contributed by atoms with Crippen molar-refractivity contribution in [3.05, 3.63) is 60.0 Å². The Kier molecular flexibility index (Phi) is 11.9. The van der Waals surface area contributed by atoms with Crippen molar-refractivity contribution < 1.29 is 40.2 Å². The van der Waals surface area contributed by atoms with Gasteiger partial charge in [-0.25, -0.2) is 18.9 Å². The van der Waals surface area contributed by atoms with Crippen molar-refractivity contribution in [1.29, 1.82) is 0 Å². The summed E-state index contributed by atoms with van der Waals surface area (Å²) in [4.78, 5) is 12.5. The van der Waals surface area contributed by atoms with Gasteiger partial charge in [-0.1, -0.05) is 11.0 Å². The Morgan fingerprint density at radius 1 is 0.870 bits per heavy atom. The molecule has 0 saturated carbocycles. The SMILES string of the molecule is CCN(CC)c1ccc2c(-c3ccc(S(=O)(=O)NOCCOCCON)cc3S(=O)(=O)O)c3ccc(=[N+](CC)CC)cc-3oc2c1. The van der Waals surface area contributed by atoms with Crippen molar-refractivity contribution in [2.75, 3.05) is 57.5 Å². The van der Waals surface area contributed by atoms with Crippen LogP contribution in [0.3, 0.4) is 0 Å². The van der Waals surface area contributed by atoms with Crippen LogP contribution in [0.2, 0.25) is 0 Å². The number of sulfonamides is 1. The Labute approximate surface area is 269 Å². The van der Waals surface area contributed by atoms with Gasteiger partial charge < -0.3 is 18.9 Å². The van der Waals surface area contributed by atoms with Crippen molar-refractivity contribution in [2.45, 2.75) is 37.5 Å². The second-order valence-corrected chi connectivity index (χ2v) is 13.3. The lowest BCUT2D eigenvalue weighted by atomic mass is 9.93. The molecule has 4 N–H and O–H groups in total. The molecule has 0 fully saturated rings. The van der Waals surface area contributed by atoms with E-state index in [1.807, 2.05) is 69.0 Å². The number of hydrogen-bond donors (Lipinski definition) is 3. The van der Waals surface area contributed by atoms with Gasteiger partial charge in [0, 0.05) is 53.0 Å². The molecule has 2 aromatic rings. The molecule has 250 valence electrons. The number of hydrogen-bond acceptors (Lipinski definition) is 10. The predicted octanol–water partition coefficient (Wildman–Crippen LogP) is 3.23. The van der Waals surface area contributed by atoms with E-state index in [1.54, 1.807) is 0 Å². The zero-order valence-electron chi connectivity index (χ0n) is 26.4. The monoisotopic (exact) mass is 677 g/mol. The van der Waals surface area contributed by atoms with Gasteiger partial charge in [0.15, 0.2) is 0 Å². The Morgan fingerprint density at radius 2 is 1.57 bits per heavy atom. The van der Waals surface area contributed by atoms with Crippen molar-refractivity contribution in [3.63, 3.8) is 0 Å². The smallest absolute Gasteiger partial charge is 0.295 e. The summed E-state index contributed by atoms with van der Waals surface area (Å²) < 4.78 is 75.9. The molecule has 1 heterocycles. The van der Waals surface area contributed by atoms with Gasteiger partial charge in [0.05, 0.1) is 37.4 Å². The van der Waals surface area contributed by atoms with Crippen molar-refractivity contribution >= 4 is 36.8 Å². The molecule has 4 rings (SSSR count). The molecule has 0 amide bonds. The number of nitrogens with two attached hydrogens (primary N) is 1. The summed E-state index contributed by atoms with van der Waals surface area (Å²) in [7, 11) is -9.26. The van der Waals surface area contributed by atoms with Gasteiger partial charge in [0.2, 0.25) is 5.36 Å². The summed E-state index contributed by atoms with van der Waals surface area (Å²) in [6, 6.07) is 14.8. The number of fused-ring (bicyclic) bond motifs is 2. The first-order chi connectivity index (χ1) is 22.0. The number of ether oxygens (including phenoxy) is 1. The first-order valence-electron chi connectivity index (χ1n) is 15.0. The molecular formula is C31H41N4O9S2+. The normalized spacial score (nSPS) is 12.2. The van der Waals surface area contributed by atoms with E-state index in [2.05, 4.69) is 14.3 Å². The van der Waals surface area contributed by atoms with E-state index < -0.39 is 29.9 Å². The first-order valence-corrected chi connectivity index (χ1v) is 17.9. The maximum atomic E-state index is 13.0. The molecule has 0 spiro atoms. The second kappa shape index (κ2) is 15.5. The minimum atomic E-state index is -4.92. The van der Waals surface area contributed by atoms with Crippen LogP contribution < -0.4 is 25.6 Å². The molecule has 2 aliphatic rings. The molecule has 0 unspecified atom stereocenters. The Hall–Kier alpha value is -3.41. The zero-order chi connectivity index (χ0) is 33.5. The predicted molar refractivity (Wildman–Crippen MR) is 175 cm³/mol.